The van der Waals surface area contributed by atoms with E-state index in [-0.39, 0.29) is 0 Å². The predicted octanol–water partition coefficient (Wildman–Crippen LogP) is 5.37. The van der Waals surface area contributed by atoms with Crippen LogP contribution in [0.15, 0.2) is 125 Å². The minimum atomic E-state index is -1.52. The molecule has 0 radical (unpaired) electrons. The van der Waals surface area contributed by atoms with Crippen molar-refractivity contribution >= 4 is 45.5 Å². The Labute approximate surface area is 191 Å². The Morgan fingerprint density at radius 2 is 1.16 bits per heavy atom. The summed E-state index contributed by atoms with van der Waals surface area (Å²) >= 11 is 0.00948. The quantitative estimate of drug-likeness (QED) is 0.281. The zero-order valence-electron chi connectivity index (χ0n) is 16.7. The van der Waals surface area contributed by atoms with E-state index in [1.54, 1.807) is 12.1 Å². The van der Waals surface area contributed by atoms with Crippen molar-refractivity contribution in [1.82, 2.24) is 0 Å². The molecule has 0 aromatic heterocycles. The number of carboxylic acid groups (broad SMARTS) is 1. The zero-order chi connectivity index (χ0) is 21.5. The van der Waals surface area contributed by atoms with E-state index in [2.05, 4.69) is 65.6 Å². The molecule has 4 heteroatoms. The van der Waals surface area contributed by atoms with Crippen LogP contribution in [0, 0.1) is 0 Å². The van der Waals surface area contributed by atoms with Gasteiger partial charge in [0.2, 0.25) is 0 Å². The molecule has 4 aromatic rings. The van der Waals surface area contributed by atoms with Crippen molar-refractivity contribution in [2.75, 3.05) is 0 Å². The molecule has 0 spiro atoms. The van der Waals surface area contributed by atoms with Gasteiger partial charge in [0.05, 0.1) is 0 Å². The summed E-state index contributed by atoms with van der Waals surface area (Å²) in [6.07, 6.45) is 0. The molecule has 0 bridgehead atoms. The van der Waals surface area contributed by atoms with Gasteiger partial charge in [0.1, 0.15) is 0 Å². The number of aromatic carboxylic acids is 1. The Morgan fingerprint density at radius 3 is 1.71 bits per heavy atom. The summed E-state index contributed by atoms with van der Waals surface area (Å²) in [7, 11) is 0. The minimum absolute atomic E-state index is 0.324. The molecule has 31 heavy (non-hydrogen) atoms. The van der Waals surface area contributed by atoms with E-state index in [9.17, 15) is 9.90 Å². The number of hydrogen-bond donors (Lipinski definition) is 1. The SMILES string of the molecule is O=C(O)c1ccccc1S/C(=C\[Se+](c1ccccc1)c1ccccc1)c1ccccc1. The van der Waals surface area contributed by atoms with E-state index < -0.39 is 19.9 Å². The number of carbonyl (C=O) groups is 1. The number of rotatable bonds is 7. The summed E-state index contributed by atoms with van der Waals surface area (Å²) in [5.41, 5.74) is 1.42. The van der Waals surface area contributed by atoms with Gasteiger partial charge in [0.25, 0.3) is 0 Å². The fraction of sp³-hybridized carbons (Fsp3) is 0. The van der Waals surface area contributed by atoms with Crippen molar-refractivity contribution in [3.63, 3.8) is 0 Å². The second-order valence-corrected chi connectivity index (χ2v) is 11.7. The first kappa shape index (κ1) is 21.2. The van der Waals surface area contributed by atoms with Crippen molar-refractivity contribution < 1.29 is 9.90 Å². The summed E-state index contributed by atoms with van der Waals surface area (Å²) in [4.78, 5) is 16.0. The van der Waals surface area contributed by atoms with E-state index in [1.165, 1.54) is 20.7 Å². The maximum absolute atomic E-state index is 11.8. The maximum atomic E-state index is 11.8. The second kappa shape index (κ2) is 10.3. The Hall–Kier alpha value is -3.04. The summed E-state index contributed by atoms with van der Waals surface area (Å²) < 4.78 is 2.63. The summed E-state index contributed by atoms with van der Waals surface area (Å²) in [6, 6.07) is 38.6. The van der Waals surface area contributed by atoms with Gasteiger partial charge in [-0.15, -0.1) is 0 Å². The van der Waals surface area contributed by atoms with Crippen molar-refractivity contribution in [3.05, 3.63) is 131 Å². The monoisotopic (exact) mass is 489 g/mol. The third kappa shape index (κ3) is 5.36. The number of hydrogen-bond acceptors (Lipinski definition) is 2. The molecule has 0 aliphatic rings. The first-order chi connectivity index (χ1) is 15.2. The standard InChI is InChI=1S/C27H20O2SSe/c28-27(29)24-18-10-11-19-25(24)30-26(21-12-4-1-5-13-21)20-31(22-14-6-2-7-15-22)23-16-8-3-9-17-23/h1-20H/p+1/b26-20-. The Morgan fingerprint density at radius 1 is 0.677 bits per heavy atom. The number of benzene rings is 4. The van der Waals surface area contributed by atoms with Crippen LogP contribution < -0.4 is 8.92 Å². The molecule has 4 aromatic carbocycles. The summed E-state index contributed by atoms with van der Waals surface area (Å²) in [6.45, 7) is 0. The number of thioether (sulfide) groups is 1. The molecular weight excluding hydrogens is 467 g/mol. The van der Waals surface area contributed by atoms with Crippen LogP contribution in [0.1, 0.15) is 15.9 Å². The van der Waals surface area contributed by atoms with Gasteiger partial charge in [-0.3, -0.25) is 0 Å². The van der Waals surface area contributed by atoms with Crippen molar-refractivity contribution in [2.24, 2.45) is 0 Å². The molecular formula is C27H21O2SSe+. The third-order valence-electron chi connectivity index (χ3n) is 4.61. The fourth-order valence-corrected chi connectivity index (χ4v) is 8.64. The van der Waals surface area contributed by atoms with Gasteiger partial charge in [-0.05, 0) is 0 Å². The molecule has 0 saturated heterocycles. The average Bonchev–Trinajstić information content (AvgIpc) is 2.83. The van der Waals surface area contributed by atoms with Gasteiger partial charge in [0, 0.05) is 0 Å². The first-order valence-corrected chi connectivity index (χ1v) is 13.3. The van der Waals surface area contributed by atoms with E-state index in [4.69, 9.17) is 0 Å². The molecule has 0 amide bonds. The van der Waals surface area contributed by atoms with Crippen LogP contribution in [0.5, 0.6) is 0 Å². The zero-order valence-corrected chi connectivity index (χ0v) is 19.2. The molecule has 0 fully saturated rings. The van der Waals surface area contributed by atoms with E-state index in [0.717, 1.165) is 15.4 Å². The van der Waals surface area contributed by atoms with Crippen molar-refractivity contribution in [3.8, 4) is 0 Å². The van der Waals surface area contributed by atoms with Gasteiger partial charge < -0.3 is 0 Å². The van der Waals surface area contributed by atoms with Crippen LogP contribution in [-0.4, -0.2) is 25.0 Å². The summed E-state index contributed by atoms with van der Waals surface area (Å²) in [5.74, 6) is -0.908. The molecule has 0 saturated carbocycles. The molecule has 0 aliphatic carbocycles. The van der Waals surface area contributed by atoms with Crippen LogP contribution in [0.4, 0.5) is 0 Å². The van der Waals surface area contributed by atoms with Crippen LogP contribution in [0.2, 0.25) is 0 Å². The molecule has 0 unspecified atom stereocenters. The second-order valence-electron chi connectivity index (χ2n) is 6.72. The first-order valence-electron chi connectivity index (χ1n) is 9.83. The van der Waals surface area contributed by atoms with Gasteiger partial charge in [-0.2, -0.15) is 0 Å². The molecule has 152 valence electrons. The molecule has 2 nitrogen and oxygen atoms in total. The summed E-state index contributed by atoms with van der Waals surface area (Å²) in [5, 5.41) is 9.66. The van der Waals surface area contributed by atoms with E-state index in [1.807, 2.05) is 42.5 Å². The molecule has 1 N–H and O–H groups in total. The molecule has 0 heterocycles. The van der Waals surface area contributed by atoms with E-state index in [0.29, 0.717) is 5.56 Å². The normalized spacial score (nSPS) is 11.5. The predicted molar refractivity (Wildman–Crippen MR) is 132 cm³/mol. The van der Waals surface area contributed by atoms with E-state index >= 15 is 0 Å². The van der Waals surface area contributed by atoms with Gasteiger partial charge in [-0.25, -0.2) is 0 Å². The van der Waals surface area contributed by atoms with Gasteiger partial charge in [0.15, 0.2) is 0 Å². The Bertz CT molecular complexity index is 1140. The number of carboxylic acids is 1. The van der Waals surface area contributed by atoms with Crippen LogP contribution >= 0.6 is 11.8 Å². The molecule has 0 aliphatic heterocycles. The van der Waals surface area contributed by atoms with Crippen LogP contribution in [0.25, 0.3) is 4.91 Å². The van der Waals surface area contributed by atoms with Gasteiger partial charge >= 0.3 is 192 Å². The Balaban J connectivity index is 1.85. The fourth-order valence-electron chi connectivity index (χ4n) is 3.12. The molecule has 0 atom stereocenters. The third-order valence-corrected chi connectivity index (χ3v) is 10.4. The topological polar surface area (TPSA) is 37.3 Å². The molecule has 4 rings (SSSR count). The van der Waals surface area contributed by atoms with Gasteiger partial charge in [-0.1, -0.05) is 0 Å². The van der Waals surface area contributed by atoms with Crippen molar-refractivity contribution in [2.45, 2.75) is 4.90 Å². The van der Waals surface area contributed by atoms with Crippen molar-refractivity contribution in [1.29, 1.82) is 0 Å². The average molecular weight is 488 g/mol. The Kier molecular flexibility index (Phi) is 7.06. The van der Waals surface area contributed by atoms with Crippen LogP contribution in [-0.2, 0) is 0 Å². The van der Waals surface area contributed by atoms with Crippen LogP contribution in [0.3, 0.4) is 0 Å².